The van der Waals surface area contributed by atoms with Crippen LogP contribution in [0.1, 0.15) is 5.89 Å². The van der Waals surface area contributed by atoms with Crippen molar-refractivity contribution in [3.05, 3.63) is 21.8 Å². The first-order chi connectivity index (χ1) is 6.29. The predicted molar refractivity (Wildman–Crippen MR) is 54.9 cm³/mol. The zero-order valence-corrected chi connectivity index (χ0v) is 9.49. The molecule has 0 aliphatic rings. The van der Waals surface area contributed by atoms with E-state index in [9.17, 15) is 0 Å². The third-order valence-corrected chi connectivity index (χ3v) is 3.21. The first-order valence-electron chi connectivity index (χ1n) is 3.43. The van der Waals surface area contributed by atoms with Gasteiger partial charge in [-0.2, -0.15) is 0 Å². The molecule has 2 heterocycles. The molecule has 0 aromatic carbocycles. The second kappa shape index (κ2) is 3.77. The number of alkyl halides is 1. The molecule has 13 heavy (non-hydrogen) atoms. The quantitative estimate of drug-likeness (QED) is 0.792. The van der Waals surface area contributed by atoms with Crippen molar-refractivity contribution >= 4 is 38.9 Å². The molecule has 0 bridgehead atoms. The van der Waals surface area contributed by atoms with Crippen LogP contribution in [0.25, 0.3) is 10.8 Å². The van der Waals surface area contributed by atoms with Gasteiger partial charge in [0, 0.05) is 0 Å². The molecule has 0 spiro atoms. The fraction of sp³-hybridized carbons (Fsp3) is 0.143. The number of hydrogen-bond donors (Lipinski definition) is 0. The summed E-state index contributed by atoms with van der Waals surface area (Å²) < 4.78 is 6.30. The van der Waals surface area contributed by atoms with E-state index in [4.69, 9.17) is 16.0 Å². The van der Waals surface area contributed by atoms with Crippen molar-refractivity contribution in [1.29, 1.82) is 0 Å². The van der Waals surface area contributed by atoms with Gasteiger partial charge in [0.15, 0.2) is 0 Å². The van der Waals surface area contributed by atoms with Crippen LogP contribution in [0.15, 0.2) is 20.3 Å². The van der Waals surface area contributed by atoms with Gasteiger partial charge in [-0.3, -0.25) is 0 Å². The van der Waals surface area contributed by atoms with E-state index in [2.05, 4.69) is 26.1 Å². The van der Waals surface area contributed by atoms with E-state index in [-0.39, 0.29) is 5.88 Å². The number of rotatable bonds is 2. The molecule has 2 aromatic heterocycles. The number of halogens is 2. The van der Waals surface area contributed by atoms with Gasteiger partial charge in [0.1, 0.15) is 5.88 Å². The molecule has 0 unspecified atom stereocenters. The van der Waals surface area contributed by atoms with Gasteiger partial charge in [-0.05, 0) is 28.1 Å². The first kappa shape index (κ1) is 9.18. The second-order valence-corrected chi connectivity index (χ2v) is 4.97. The van der Waals surface area contributed by atoms with Crippen molar-refractivity contribution in [2.75, 3.05) is 0 Å². The van der Waals surface area contributed by atoms with Gasteiger partial charge >= 0.3 is 0 Å². The van der Waals surface area contributed by atoms with E-state index in [1.165, 1.54) is 0 Å². The molecule has 0 N–H and O–H groups in total. The second-order valence-electron chi connectivity index (χ2n) is 2.24. The van der Waals surface area contributed by atoms with Crippen molar-refractivity contribution in [2.45, 2.75) is 5.88 Å². The topological polar surface area (TPSA) is 38.9 Å². The van der Waals surface area contributed by atoms with E-state index in [0.717, 1.165) is 8.66 Å². The van der Waals surface area contributed by atoms with E-state index >= 15 is 0 Å². The van der Waals surface area contributed by atoms with Crippen molar-refractivity contribution in [3.8, 4) is 10.8 Å². The molecule has 3 nitrogen and oxygen atoms in total. The molecule has 0 aliphatic carbocycles. The number of aromatic nitrogens is 2. The maximum Gasteiger partial charge on any atom is 0.257 e. The van der Waals surface area contributed by atoms with Crippen molar-refractivity contribution in [1.82, 2.24) is 10.2 Å². The summed E-state index contributed by atoms with van der Waals surface area (Å²) in [6.45, 7) is 0. The normalized spacial score (nSPS) is 10.6. The Morgan fingerprint density at radius 1 is 1.46 bits per heavy atom. The van der Waals surface area contributed by atoms with Gasteiger partial charge in [-0.15, -0.1) is 33.1 Å². The van der Waals surface area contributed by atoms with Crippen LogP contribution in [0.5, 0.6) is 0 Å². The zero-order chi connectivity index (χ0) is 9.26. The van der Waals surface area contributed by atoms with Crippen LogP contribution < -0.4 is 0 Å². The van der Waals surface area contributed by atoms with Crippen LogP contribution in [0.4, 0.5) is 0 Å². The molecule has 0 saturated carbocycles. The van der Waals surface area contributed by atoms with Crippen LogP contribution in [0.3, 0.4) is 0 Å². The highest BCUT2D eigenvalue weighted by Crippen LogP contribution is 2.30. The minimum Gasteiger partial charge on any atom is -0.419 e. The molecule has 0 amide bonds. The van der Waals surface area contributed by atoms with Gasteiger partial charge in [0.05, 0.1) is 8.66 Å². The minimum atomic E-state index is 0.250. The van der Waals surface area contributed by atoms with Crippen molar-refractivity contribution in [3.63, 3.8) is 0 Å². The van der Waals surface area contributed by atoms with Gasteiger partial charge in [-0.25, -0.2) is 0 Å². The van der Waals surface area contributed by atoms with Crippen LogP contribution >= 0.6 is 38.9 Å². The third kappa shape index (κ3) is 1.92. The number of nitrogens with zero attached hydrogens (tertiary/aromatic N) is 2. The average molecular weight is 280 g/mol. The predicted octanol–water partition coefficient (Wildman–Crippen LogP) is 3.30. The maximum atomic E-state index is 5.53. The number of hydrogen-bond acceptors (Lipinski definition) is 4. The lowest BCUT2D eigenvalue weighted by atomic mass is 10.5. The Balaban J connectivity index is 2.35. The van der Waals surface area contributed by atoms with Gasteiger partial charge in [0.2, 0.25) is 5.89 Å². The fourth-order valence-corrected chi connectivity index (χ4v) is 2.25. The molecule has 0 atom stereocenters. The van der Waals surface area contributed by atoms with E-state index in [1.807, 2.05) is 12.1 Å². The van der Waals surface area contributed by atoms with Gasteiger partial charge in [-0.1, -0.05) is 0 Å². The Labute approximate surface area is 91.9 Å². The molecule has 2 aromatic rings. The lowest BCUT2D eigenvalue weighted by molar-refractivity contribution is 0.528. The molecule has 6 heteroatoms. The highest BCUT2D eigenvalue weighted by atomic mass is 79.9. The lowest BCUT2D eigenvalue weighted by Gasteiger charge is -1.84. The Bertz CT molecular complexity index is 414. The van der Waals surface area contributed by atoms with Crippen molar-refractivity contribution < 1.29 is 4.42 Å². The summed E-state index contributed by atoms with van der Waals surface area (Å²) in [7, 11) is 0. The highest BCUT2D eigenvalue weighted by Gasteiger charge is 2.09. The Morgan fingerprint density at radius 2 is 2.31 bits per heavy atom. The van der Waals surface area contributed by atoms with Crippen LogP contribution in [-0.4, -0.2) is 10.2 Å². The summed E-state index contributed by atoms with van der Waals surface area (Å²) >= 11 is 10.4. The summed E-state index contributed by atoms with van der Waals surface area (Å²) in [4.78, 5) is 0.941. The van der Waals surface area contributed by atoms with Gasteiger partial charge < -0.3 is 4.42 Å². The van der Waals surface area contributed by atoms with Crippen LogP contribution in [0.2, 0.25) is 0 Å². The molecular formula is C7H4BrClN2OS. The molecule has 0 aliphatic heterocycles. The Hall–Kier alpha value is -0.390. The maximum absolute atomic E-state index is 5.53. The summed E-state index contributed by atoms with van der Waals surface area (Å²) in [5, 5.41) is 7.62. The minimum absolute atomic E-state index is 0.250. The fourth-order valence-electron chi connectivity index (χ4n) is 0.836. The zero-order valence-electron chi connectivity index (χ0n) is 6.33. The smallest absolute Gasteiger partial charge is 0.257 e. The summed E-state index contributed by atoms with van der Waals surface area (Å²) in [5.74, 6) is 1.21. The first-order valence-corrected chi connectivity index (χ1v) is 5.58. The summed E-state index contributed by atoms with van der Waals surface area (Å²) in [6.07, 6.45) is 0. The van der Waals surface area contributed by atoms with Crippen molar-refractivity contribution in [2.24, 2.45) is 0 Å². The van der Waals surface area contributed by atoms with Crippen LogP contribution in [0, 0.1) is 0 Å². The molecule has 68 valence electrons. The van der Waals surface area contributed by atoms with E-state index in [1.54, 1.807) is 11.3 Å². The summed E-state index contributed by atoms with van der Waals surface area (Å²) in [5.41, 5.74) is 0. The highest BCUT2D eigenvalue weighted by molar-refractivity contribution is 9.11. The standard InChI is InChI=1S/C7H4BrClN2OS/c8-5-2-1-4(13-5)7-11-10-6(3-9)12-7/h1-2H,3H2. The molecule has 0 fully saturated rings. The third-order valence-electron chi connectivity index (χ3n) is 1.37. The van der Waals surface area contributed by atoms with Crippen LogP contribution in [-0.2, 0) is 5.88 Å². The number of thiophene rings is 1. The van der Waals surface area contributed by atoms with Gasteiger partial charge in [0.25, 0.3) is 5.89 Å². The Kier molecular flexibility index (Phi) is 2.66. The summed E-state index contributed by atoms with van der Waals surface area (Å²) in [6, 6.07) is 3.85. The lowest BCUT2D eigenvalue weighted by Crippen LogP contribution is -1.73. The molecule has 0 saturated heterocycles. The molecule has 0 radical (unpaired) electrons. The SMILES string of the molecule is ClCc1nnc(-c2ccc(Br)s2)o1. The molecule has 2 rings (SSSR count). The average Bonchev–Trinajstić information content (AvgIpc) is 2.71. The van der Waals surface area contributed by atoms with E-state index < -0.39 is 0 Å². The Morgan fingerprint density at radius 3 is 2.85 bits per heavy atom. The largest absolute Gasteiger partial charge is 0.419 e. The molecular weight excluding hydrogens is 276 g/mol. The monoisotopic (exact) mass is 278 g/mol. The van der Waals surface area contributed by atoms with E-state index in [0.29, 0.717) is 11.8 Å².